The Balaban J connectivity index is 1.88. The highest BCUT2D eigenvalue weighted by atomic mass is 16.3. The minimum Gasteiger partial charge on any atom is -0.396 e. The molecule has 1 aromatic rings. The van der Waals surface area contributed by atoms with Gasteiger partial charge in [0.05, 0.1) is 18.7 Å². The van der Waals surface area contributed by atoms with Crippen molar-refractivity contribution in [3.8, 4) is 11.8 Å². The van der Waals surface area contributed by atoms with Gasteiger partial charge in [0.25, 0.3) is 0 Å². The van der Waals surface area contributed by atoms with Crippen molar-refractivity contribution >= 4 is 5.91 Å². The highest BCUT2D eigenvalue weighted by molar-refractivity contribution is 5.77. The molecule has 4 heteroatoms. The molecule has 1 aliphatic heterocycles. The number of piperidine rings is 1. The van der Waals surface area contributed by atoms with E-state index < -0.39 is 6.10 Å². The number of rotatable bonds is 8. The first-order chi connectivity index (χ1) is 12.7. The topological polar surface area (TPSA) is 60.8 Å². The van der Waals surface area contributed by atoms with E-state index in [9.17, 15) is 9.90 Å². The van der Waals surface area contributed by atoms with Gasteiger partial charge in [-0.25, -0.2) is 0 Å². The summed E-state index contributed by atoms with van der Waals surface area (Å²) in [4.78, 5) is 14.0. The third-order valence-corrected chi connectivity index (χ3v) is 4.54. The lowest BCUT2D eigenvalue weighted by atomic mass is 9.99. The molecule has 1 heterocycles. The second-order valence-corrected chi connectivity index (χ2v) is 6.66. The summed E-state index contributed by atoms with van der Waals surface area (Å²) >= 11 is 0. The number of carbonyl (C=O) groups excluding carboxylic acids is 1. The van der Waals surface area contributed by atoms with E-state index >= 15 is 0 Å². The monoisotopic (exact) mass is 355 g/mol. The Bertz CT molecular complexity index is 630. The largest absolute Gasteiger partial charge is 0.396 e. The lowest BCUT2D eigenvalue weighted by Gasteiger charge is -2.32. The first-order valence-electron chi connectivity index (χ1n) is 9.47. The fourth-order valence-corrected chi connectivity index (χ4v) is 3.09. The zero-order valence-corrected chi connectivity index (χ0v) is 15.3. The predicted octanol–water partition coefficient (Wildman–Crippen LogP) is 2.69. The molecule has 0 saturated carbocycles. The van der Waals surface area contributed by atoms with Gasteiger partial charge in [-0.05, 0) is 31.2 Å². The van der Waals surface area contributed by atoms with Crippen LogP contribution in [0.1, 0.15) is 44.1 Å². The molecule has 1 aliphatic rings. The Morgan fingerprint density at radius 3 is 2.81 bits per heavy atom. The van der Waals surface area contributed by atoms with Gasteiger partial charge in [-0.3, -0.25) is 4.79 Å². The summed E-state index contributed by atoms with van der Waals surface area (Å²) in [5.74, 6) is 6.29. The molecule has 1 fully saturated rings. The van der Waals surface area contributed by atoms with E-state index in [1.165, 1.54) is 0 Å². The van der Waals surface area contributed by atoms with Gasteiger partial charge in [0.2, 0.25) is 5.91 Å². The van der Waals surface area contributed by atoms with Gasteiger partial charge >= 0.3 is 0 Å². The van der Waals surface area contributed by atoms with Gasteiger partial charge in [0.15, 0.2) is 0 Å². The zero-order valence-electron chi connectivity index (χ0n) is 15.3. The van der Waals surface area contributed by atoms with Crippen LogP contribution in [0.25, 0.3) is 0 Å². The summed E-state index contributed by atoms with van der Waals surface area (Å²) in [6.45, 7) is 0.631. The quantitative estimate of drug-likeness (QED) is 0.428. The van der Waals surface area contributed by atoms with Crippen LogP contribution in [-0.4, -0.2) is 46.3 Å². The Kier molecular flexibility index (Phi) is 8.95. The number of hydrogen-bond acceptors (Lipinski definition) is 3. The minimum absolute atomic E-state index is 0.00779. The Morgan fingerprint density at radius 1 is 1.23 bits per heavy atom. The molecule has 2 rings (SSSR count). The number of nitrogens with zero attached hydrogens (tertiary/aromatic N) is 1. The summed E-state index contributed by atoms with van der Waals surface area (Å²) in [5, 5.41) is 19.0. The number of benzene rings is 1. The van der Waals surface area contributed by atoms with Crippen LogP contribution >= 0.6 is 0 Å². The lowest BCUT2D eigenvalue weighted by molar-refractivity contribution is -0.134. The average molecular weight is 355 g/mol. The number of likely N-dealkylation sites (tertiary alicyclic amines) is 1. The van der Waals surface area contributed by atoms with Crippen molar-refractivity contribution in [2.45, 2.75) is 57.1 Å². The normalized spacial score (nSPS) is 18.6. The van der Waals surface area contributed by atoms with Crippen LogP contribution in [0.15, 0.2) is 42.5 Å². The standard InChI is InChI=1S/C22H29NO3/c24-17-8-3-1-2-7-16-23-20(12-9-13-22(23)26)14-15-21(25)18-19-10-5-4-6-11-19/h4-6,10-11,14-15,20-21,24-25H,1,3,8-9,12-13,16-18H2/b15-14+/t20-,21?/m1/s1. The smallest absolute Gasteiger partial charge is 0.223 e. The maximum Gasteiger partial charge on any atom is 0.223 e. The molecule has 0 aliphatic carbocycles. The van der Waals surface area contributed by atoms with Gasteiger partial charge in [-0.1, -0.05) is 48.4 Å². The molecule has 2 atom stereocenters. The maximum atomic E-state index is 12.2. The molecule has 1 amide bonds. The van der Waals surface area contributed by atoms with Gasteiger partial charge < -0.3 is 15.1 Å². The first-order valence-corrected chi connectivity index (χ1v) is 9.47. The van der Waals surface area contributed by atoms with Crippen LogP contribution in [0.5, 0.6) is 0 Å². The molecule has 26 heavy (non-hydrogen) atoms. The van der Waals surface area contributed by atoms with Gasteiger partial charge in [0, 0.05) is 25.9 Å². The van der Waals surface area contributed by atoms with E-state index in [4.69, 9.17) is 5.11 Å². The number of aliphatic hydroxyl groups excluding tert-OH is 2. The predicted molar refractivity (Wildman–Crippen MR) is 103 cm³/mol. The van der Waals surface area contributed by atoms with Crippen molar-refractivity contribution in [3.63, 3.8) is 0 Å². The van der Waals surface area contributed by atoms with Crippen molar-refractivity contribution < 1.29 is 15.0 Å². The Hall–Kier alpha value is -2.09. The third kappa shape index (κ3) is 7.03. The number of amides is 1. The fraction of sp³-hybridized carbons (Fsp3) is 0.500. The van der Waals surface area contributed by atoms with E-state index in [0.717, 1.165) is 37.7 Å². The van der Waals surface area contributed by atoms with Crippen molar-refractivity contribution in [2.24, 2.45) is 0 Å². The second-order valence-electron chi connectivity index (χ2n) is 6.66. The molecule has 0 aromatic heterocycles. The van der Waals surface area contributed by atoms with Gasteiger partial charge in [-0.2, -0.15) is 0 Å². The summed E-state index contributed by atoms with van der Waals surface area (Å²) < 4.78 is 0. The van der Waals surface area contributed by atoms with Crippen molar-refractivity contribution in [1.82, 2.24) is 4.90 Å². The third-order valence-electron chi connectivity index (χ3n) is 4.54. The second kappa shape index (κ2) is 11.5. The van der Waals surface area contributed by atoms with Crippen LogP contribution in [0.3, 0.4) is 0 Å². The molecule has 0 radical (unpaired) electrons. The molecule has 1 aromatic carbocycles. The number of unbranched alkanes of at least 4 members (excludes halogenated alkanes) is 2. The van der Waals surface area contributed by atoms with E-state index in [-0.39, 0.29) is 18.6 Å². The van der Waals surface area contributed by atoms with E-state index in [1.54, 1.807) is 6.08 Å². The summed E-state index contributed by atoms with van der Waals surface area (Å²) in [6.07, 6.45) is 8.53. The average Bonchev–Trinajstić information content (AvgIpc) is 2.65. The molecule has 4 nitrogen and oxygen atoms in total. The zero-order chi connectivity index (χ0) is 18.6. The number of carbonyl (C=O) groups is 1. The Labute approximate surface area is 156 Å². The van der Waals surface area contributed by atoms with Crippen molar-refractivity contribution in [1.29, 1.82) is 0 Å². The molecule has 1 unspecified atom stereocenters. The van der Waals surface area contributed by atoms with Gasteiger partial charge in [-0.15, -0.1) is 5.92 Å². The number of aliphatic hydroxyl groups is 2. The van der Waals surface area contributed by atoms with Gasteiger partial charge in [0.1, 0.15) is 0 Å². The molecule has 0 spiro atoms. The van der Waals surface area contributed by atoms with Crippen molar-refractivity contribution in [2.75, 3.05) is 13.2 Å². The molecule has 140 valence electrons. The van der Waals surface area contributed by atoms with Crippen LogP contribution in [0.2, 0.25) is 0 Å². The van der Waals surface area contributed by atoms with Crippen LogP contribution in [0, 0.1) is 11.8 Å². The fourth-order valence-electron chi connectivity index (χ4n) is 3.09. The molecular formula is C22H29NO3. The van der Waals surface area contributed by atoms with Crippen LogP contribution in [-0.2, 0) is 11.2 Å². The summed E-state index contributed by atoms with van der Waals surface area (Å²) in [7, 11) is 0. The maximum absolute atomic E-state index is 12.2. The Morgan fingerprint density at radius 2 is 2.04 bits per heavy atom. The lowest BCUT2D eigenvalue weighted by Crippen LogP contribution is -2.42. The highest BCUT2D eigenvalue weighted by Gasteiger charge is 2.25. The van der Waals surface area contributed by atoms with E-state index in [0.29, 0.717) is 19.4 Å². The minimum atomic E-state index is -0.555. The van der Waals surface area contributed by atoms with Crippen LogP contribution < -0.4 is 0 Å². The van der Waals surface area contributed by atoms with Crippen molar-refractivity contribution in [3.05, 3.63) is 48.0 Å². The number of hydrogen-bond donors (Lipinski definition) is 2. The summed E-state index contributed by atoms with van der Waals surface area (Å²) in [6, 6.07) is 9.90. The van der Waals surface area contributed by atoms with E-state index in [2.05, 4.69) is 11.8 Å². The SMILES string of the molecule is O=C1CCC[C@H](/C=C/C(O)Cc2ccccc2)N1CC#CCCCCO. The molecular weight excluding hydrogens is 326 g/mol. The molecule has 1 saturated heterocycles. The molecule has 2 N–H and O–H groups in total. The molecule has 0 bridgehead atoms. The van der Waals surface area contributed by atoms with Crippen LogP contribution in [0.4, 0.5) is 0 Å². The highest BCUT2D eigenvalue weighted by Crippen LogP contribution is 2.19. The van der Waals surface area contributed by atoms with E-state index in [1.807, 2.05) is 41.3 Å². The summed E-state index contributed by atoms with van der Waals surface area (Å²) in [5.41, 5.74) is 1.09. The first kappa shape index (κ1) is 20.2.